The zero-order chi connectivity index (χ0) is 15.6. The minimum Gasteiger partial charge on any atom is -0.376 e. The highest BCUT2D eigenvalue weighted by molar-refractivity contribution is 5.94. The van der Waals surface area contributed by atoms with E-state index < -0.39 is 0 Å². The summed E-state index contributed by atoms with van der Waals surface area (Å²) in [5.41, 5.74) is 3.89. The Morgan fingerprint density at radius 2 is 2.13 bits per heavy atom. The fraction of sp³-hybridized carbons (Fsp3) is 0.444. The van der Waals surface area contributed by atoms with Gasteiger partial charge in [-0.3, -0.25) is 4.79 Å². The molecule has 1 atom stereocenters. The molecule has 1 aliphatic carbocycles. The number of nitrogens with one attached hydrogen (secondary N) is 1. The number of carbonyl (C=O) groups is 1. The second-order valence-corrected chi connectivity index (χ2v) is 6.22. The highest BCUT2D eigenvalue weighted by Crippen LogP contribution is 2.27. The minimum atomic E-state index is -0.0756. The maximum atomic E-state index is 12.6. The molecule has 2 heterocycles. The Kier molecular flexibility index (Phi) is 3.87. The van der Waals surface area contributed by atoms with Crippen molar-refractivity contribution in [3.05, 3.63) is 47.3 Å². The largest absolute Gasteiger partial charge is 0.376 e. The molecule has 5 heteroatoms. The number of rotatable bonds is 4. The standard InChI is InChI=1S/C18H21N3O2/c22-18(19-12-14-8-5-11-23-14)17-15-9-4-10-16(15)21(20-17)13-6-2-1-3-7-13/h1-3,6-7,14H,4-5,8-12H2,(H,19,22). The number of fused-ring (bicyclic) bond motifs is 1. The van der Waals surface area contributed by atoms with E-state index >= 15 is 0 Å². The first-order valence-electron chi connectivity index (χ1n) is 8.39. The van der Waals surface area contributed by atoms with E-state index in [4.69, 9.17) is 4.74 Å². The van der Waals surface area contributed by atoms with Crippen molar-refractivity contribution in [3.8, 4) is 5.69 Å². The zero-order valence-corrected chi connectivity index (χ0v) is 13.1. The van der Waals surface area contributed by atoms with Crippen LogP contribution >= 0.6 is 0 Å². The molecule has 23 heavy (non-hydrogen) atoms. The van der Waals surface area contributed by atoms with Crippen molar-refractivity contribution in [2.45, 2.75) is 38.2 Å². The van der Waals surface area contributed by atoms with Crippen LogP contribution < -0.4 is 5.32 Å². The minimum absolute atomic E-state index is 0.0756. The molecule has 120 valence electrons. The molecule has 1 N–H and O–H groups in total. The third kappa shape index (κ3) is 2.77. The molecule has 1 amide bonds. The van der Waals surface area contributed by atoms with Crippen LogP contribution in [0.4, 0.5) is 0 Å². The second-order valence-electron chi connectivity index (χ2n) is 6.22. The maximum absolute atomic E-state index is 12.6. The summed E-state index contributed by atoms with van der Waals surface area (Å²) >= 11 is 0. The van der Waals surface area contributed by atoms with Crippen molar-refractivity contribution in [3.63, 3.8) is 0 Å². The van der Waals surface area contributed by atoms with Gasteiger partial charge in [-0.05, 0) is 44.2 Å². The van der Waals surface area contributed by atoms with Crippen LogP contribution in [0.3, 0.4) is 0 Å². The van der Waals surface area contributed by atoms with Gasteiger partial charge in [0.2, 0.25) is 0 Å². The average Bonchev–Trinajstić information content (AvgIpc) is 3.30. The predicted molar refractivity (Wildman–Crippen MR) is 86.9 cm³/mol. The summed E-state index contributed by atoms with van der Waals surface area (Å²) in [7, 11) is 0. The number of hydrogen-bond donors (Lipinski definition) is 1. The van der Waals surface area contributed by atoms with E-state index in [1.807, 2.05) is 35.0 Å². The highest BCUT2D eigenvalue weighted by atomic mass is 16.5. The highest BCUT2D eigenvalue weighted by Gasteiger charge is 2.27. The maximum Gasteiger partial charge on any atom is 0.272 e. The molecule has 1 saturated heterocycles. The quantitative estimate of drug-likeness (QED) is 0.942. The number of para-hydroxylation sites is 1. The van der Waals surface area contributed by atoms with Crippen LogP contribution in [0.2, 0.25) is 0 Å². The fourth-order valence-electron chi connectivity index (χ4n) is 3.50. The van der Waals surface area contributed by atoms with Gasteiger partial charge in [-0.2, -0.15) is 5.10 Å². The predicted octanol–water partition coefficient (Wildman–Crippen LogP) is 2.27. The lowest BCUT2D eigenvalue weighted by Gasteiger charge is -2.10. The molecule has 1 aliphatic heterocycles. The Morgan fingerprint density at radius 1 is 1.26 bits per heavy atom. The van der Waals surface area contributed by atoms with Crippen LogP contribution in [-0.2, 0) is 17.6 Å². The Hall–Kier alpha value is -2.14. The molecular weight excluding hydrogens is 290 g/mol. The summed E-state index contributed by atoms with van der Waals surface area (Å²) in [6.45, 7) is 1.38. The lowest BCUT2D eigenvalue weighted by molar-refractivity contribution is 0.0852. The van der Waals surface area contributed by atoms with Crippen LogP contribution in [0.15, 0.2) is 30.3 Å². The number of carbonyl (C=O) groups excluding carboxylic acids is 1. The average molecular weight is 311 g/mol. The van der Waals surface area contributed by atoms with Crippen molar-refractivity contribution >= 4 is 5.91 Å². The van der Waals surface area contributed by atoms with E-state index in [2.05, 4.69) is 10.4 Å². The van der Waals surface area contributed by atoms with E-state index in [9.17, 15) is 4.79 Å². The fourth-order valence-corrected chi connectivity index (χ4v) is 3.50. The molecule has 2 aromatic rings. The molecule has 1 aromatic heterocycles. The molecule has 1 unspecified atom stereocenters. The summed E-state index contributed by atoms with van der Waals surface area (Å²) in [5, 5.41) is 7.61. The Labute approximate surface area is 135 Å². The second kappa shape index (κ2) is 6.16. The SMILES string of the molecule is O=C(NCC1CCCO1)c1nn(-c2ccccc2)c2c1CCC2. The normalized spacial score (nSPS) is 19.7. The number of ether oxygens (including phenoxy) is 1. The van der Waals surface area contributed by atoms with E-state index in [0.29, 0.717) is 12.2 Å². The molecule has 4 rings (SSSR count). The van der Waals surface area contributed by atoms with Gasteiger partial charge in [-0.25, -0.2) is 4.68 Å². The van der Waals surface area contributed by atoms with Gasteiger partial charge in [-0.1, -0.05) is 18.2 Å². The van der Waals surface area contributed by atoms with Gasteiger partial charge in [0.1, 0.15) is 0 Å². The van der Waals surface area contributed by atoms with Crippen LogP contribution in [0, 0.1) is 0 Å². The monoisotopic (exact) mass is 311 g/mol. The van der Waals surface area contributed by atoms with Gasteiger partial charge in [-0.15, -0.1) is 0 Å². The van der Waals surface area contributed by atoms with Crippen LogP contribution in [-0.4, -0.2) is 34.9 Å². The molecule has 0 saturated carbocycles. The van der Waals surface area contributed by atoms with Gasteiger partial charge in [0.25, 0.3) is 5.91 Å². The van der Waals surface area contributed by atoms with Gasteiger partial charge in [0.05, 0.1) is 11.8 Å². The van der Waals surface area contributed by atoms with Gasteiger partial charge < -0.3 is 10.1 Å². The molecular formula is C18H21N3O2. The third-order valence-electron chi connectivity index (χ3n) is 4.66. The van der Waals surface area contributed by atoms with Crippen molar-refractivity contribution < 1.29 is 9.53 Å². The van der Waals surface area contributed by atoms with Gasteiger partial charge in [0.15, 0.2) is 5.69 Å². The summed E-state index contributed by atoms with van der Waals surface area (Å²) in [4.78, 5) is 12.6. The molecule has 0 spiro atoms. The first kappa shape index (κ1) is 14.5. The summed E-state index contributed by atoms with van der Waals surface area (Å²) in [6.07, 6.45) is 5.27. The number of hydrogen-bond acceptors (Lipinski definition) is 3. The van der Waals surface area contributed by atoms with Crippen LogP contribution in [0.25, 0.3) is 5.69 Å². The first-order valence-corrected chi connectivity index (χ1v) is 8.39. The Balaban J connectivity index is 1.58. The van der Waals surface area contributed by atoms with Crippen molar-refractivity contribution in [2.24, 2.45) is 0 Å². The van der Waals surface area contributed by atoms with E-state index in [1.165, 1.54) is 5.69 Å². The van der Waals surface area contributed by atoms with E-state index in [1.54, 1.807) is 0 Å². The number of aromatic nitrogens is 2. The number of amides is 1. The van der Waals surface area contributed by atoms with Crippen molar-refractivity contribution in [1.82, 2.24) is 15.1 Å². The van der Waals surface area contributed by atoms with Crippen molar-refractivity contribution in [1.29, 1.82) is 0 Å². The molecule has 2 aliphatic rings. The van der Waals surface area contributed by atoms with E-state index in [-0.39, 0.29) is 12.0 Å². The molecule has 0 bridgehead atoms. The molecule has 1 fully saturated rings. The van der Waals surface area contributed by atoms with Gasteiger partial charge >= 0.3 is 0 Å². The lowest BCUT2D eigenvalue weighted by Crippen LogP contribution is -2.32. The Morgan fingerprint density at radius 3 is 2.91 bits per heavy atom. The number of nitrogens with zero attached hydrogens (tertiary/aromatic N) is 2. The van der Waals surface area contributed by atoms with Gasteiger partial charge in [0, 0.05) is 24.4 Å². The third-order valence-corrected chi connectivity index (χ3v) is 4.66. The van der Waals surface area contributed by atoms with Crippen LogP contribution in [0.1, 0.15) is 41.0 Å². The summed E-state index contributed by atoms with van der Waals surface area (Å²) in [5.74, 6) is -0.0756. The topological polar surface area (TPSA) is 56.1 Å². The van der Waals surface area contributed by atoms with E-state index in [0.717, 1.165) is 50.0 Å². The molecule has 0 radical (unpaired) electrons. The number of benzene rings is 1. The van der Waals surface area contributed by atoms with Crippen molar-refractivity contribution in [2.75, 3.05) is 13.2 Å². The molecule has 1 aromatic carbocycles. The summed E-state index contributed by atoms with van der Waals surface area (Å²) < 4.78 is 7.50. The summed E-state index contributed by atoms with van der Waals surface area (Å²) in [6, 6.07) is 10.0. The Bertz CT molecular complexity index is 703. The first-order chi connectivity index (χ1) is 11.3. The zero-order valence-electron chi connectivity index (χ0n) is 13.1. The smallest absolute Gasteiger partial charge is 0.272 e. The van der Waals surface area contributed by atoms with Crippen LogP contribution in [0.5, 0.6) is 0 Å². The molecule has 5 nitrogen and oxygen atoms in total. The lowest BCUT2D eigenvalue weighted by atomic mass is 10.2.